The average Bonchev–Trinajstić information content (AvgIpc) is 3.36. The lowest BCUT2D eigenvalue weighted by atomic mass is 9.99. The molecule has 2 aromatic carbocycles. The summed E-state index contributed by atoms with van der Waals surface area (Å²) in [6, 6.07) is 16.5. The fraction of sp³-hybridized carbons (Fsp3) is 0.379. The van der Waals surface area contributed by atoms with Crippen molar-refractivity contribution in [2.24, 2.45) is 10.2 Å². The van der Waals surface area contributed by atoms with E-state index in [9.17, 15) is 19.2 Å². The SMILES string of the molecule is CC(=O)OC[C@H]1O[C@@H](SC2NN=C(c3ccccc3)N2/N=C/c2ccccc2Cl)[C@H](OC(C)=O)[C@@H](OC(C)=O)[C@@H]1OC(C)=O. The van der Waals surface area contributed by atoms with Gasteiger partial charge < -0.3 is 23.7 Å². The zero-order chi connectivity index (χ0) is 31.8. The third-order valence-electron chi connectivity index (χ3n) is 6.19. The van der Waals surface area contributed by atoms with E-state index in [2.05, 4.69) is 15.6 Å². The van der Waals surface area contributed by atoms with Gasteiger partial charge in [0, 0.05) is 43.8 Å². The number of halogens is 1. The van der Waals surface area contributed by atoms with Gasteiger partial charge in [0.15, 0.2) is 29.6 Å². The zero-order valence-corrected chi connectivity index (χ0v) is 25.8. The number of hydrogen-bond acceptors (Lipinski definition) is 14. The number of nitrogens with one attached hydrogen (secondary N) is 1. The first kappa shape index (κ1) is 32.8. The second kappa shape index (κ2) is 15.0. The van der Waals surface area contributed by atoms with Crippen LogP contribution in [0.25, 0.3) is 0 Å². The van der Waals surface area contributed by atoms with Crippen LogP contribution in [-0.2, 0) is 42.9 Å². The summed E-state index contributed by atoms with van der Waals surface area (Å²) in [5.41, 5.74) is 2.63. The minimum atomic E-state index is -1.30. The zero-order valence-electron chi connectivity index (χ0n) is 24.2. The predicted molar refractivity (Wildman–Crippen MR) is 160 cm³/mol. The Morgan fingerprint density at radius 3 is 2.16 bits per heavy atom. The smallest absolute Gasteiger partial charge is 0.303 e. The normalized spacial score (nSPS) is 24.7. The van der Waals surface area contributed by atoms with E-state index in [0.717, 1.165) is 31.2 Å². The van der Waals surface area contributed by atoms with Crippen molar-refractivity contribution < 1.29 is 42.9 Å². The first-order chi connectivity index (χ1) is 21.0. The predicted octanol–water partition coefficient (Wildman–Crippen LogP) is 3.04. The lowest BCUT2D eigenvalue weighted by Crippen LogP contribution is -2.62. The van der Waals surface area contributed by atoms with Crippen LogP contribution in [0.3, 0.4) is 0 Å². The van der Waals surface area contributed by atoms with Crippen molar-refractivity contribution in [1.29, 1.82) is 0 Å². The summed E-state index contributed by atoms with van der Waals surface area (Å²) in [5.74, 6) is -2.27. The third-order valence-corrected chi connectivity index (χ3v) is 7.74. The highest BCUT2D eigenvalue weighted by Gasteiger charge is 2.53. The van der Waals surface area contributed by atoms with Crippen LogP contribution >= 0.6 is 23.4 Å². The maximum absolute atomic E-state index is 12.3. The van der Waals surface area contributed by atoms with Crippen LogP contribution in [0.2, 0.25) is 5.02 Å². The highest BCUT2D eigenvalue weighted by atomic mass is 35.5. The van der Waals surface area contributed by atoms with Gasteiger partial charge in [-0.3, -0.25) is 24.6 Å². The van der Waals surface area contributed by atoms with Crippen LogP contribution in [0.5, 0.6) is 0 Å². The Kier molecular flexibility index (Phi) is 11.2. The van der Waals surface area contributed by atoms with Gasteiger partial charge in [-0.15, -0.1) is 0 Å². The molecule has 13 nitrogen and oxygen atoms in total. The summed E-state index contributed by atoms with van der Waals surface area (Å²) < 4.78 is 28.0. The number of hydrazone groups is 2. The molecule has 1 unspecified atom stereocenters. The van der Waals surface area contributed by atoms with E-state index in [1.807, 2.05) is 36.4 Å². The van der Waals surface area contributed by atoms with Crippen LogP contribution in [0.4, 0.5) is 0 Å². The van der Waals surface area contributed by atoms with E-state index in [4.69, 9.17) is 35.3 Å². The molecule has 1 saturated heterocycles. The van der Waals surface area contributed by atoms with Crippen molar-refractivity contribution in [3.8, 4) is 0 Å². The largest absolute Gasteiger partial charge is 0.463 e. The second-order valence-corrected chi connectivity index (χ2v) is 11.2. The molecule has 0 bridgehead atoms. The molecule has 1 fully saturated rings. The van der Waals surface area contributed by atoms with Crippen molar-refractivity contribution in [3.63, 3.8) is 0 Å². The number of esters is 4. The molecule has 0 radical (unpaired) electrons. The number of benzene rings is 2. The van der Waals surface area contributed by atoms with Gasteiger partial charge in [0.05, 0.1) is 6.21 Å². The van der Waals surface area contributed by atoms with Crippen LogP contribution < -0.4 is 5.43 Å². The summed E-state index contributed by atoms with van der Waals surface area (Å²) in [4.78, 5) is 48.2. The number of carbonyl (C=O) groups excluding carboxylic acids is 4. The molecule has 0 aliphatic carbocycles. The van der Waals surface area contributed by atoms with Gasteiger partial charge >= 0.3 is 23.9 Å². The number of amidine groups is 1. The monoisotopic (exact) mass is 646 g/mol. The van der Waals surface area contributed by atoms with Gasteiger partial charge in [0.1, 0.15) is 18.1 Å². The highest BCUT2D eigenvalue weighted by Crippen LogP contribution is 2.37. The lowest BCUT2D eigenvalue weighted by Gasteiger charge is -2.44. The molecule has 2 aliphatic heterocycles. The molecule has 15 heteroatoms. The molecule has 2 aliphatic rings. The van der Waals surface area contributed by atoms with Gasteiger partial charge in [-0.1, -0.05) is 71.9 Å². The number of ether oxygens (including phenoxy) is 5. The number of thioether (sulfide) groups is 1. The fourth-order valence-corrected chi connectivity index (χ4v) is 5.84. The number of carbonyl (C=O) groups is 4. The van der Waals surface area contributed by atoms with Gasteiger partial charge in [0.25, 0.3) is 0 Å². The molecule has 234 valence electrons. The van der Waals surface area contributed by atoms with Crippen LogP contribution in [0, 0.1) is 0 Å². The summed E-state index contributed by atoms with van der Waals surface area (Å²) in [6.45, 7) is 4.38. The molecular formula is C29H31ClN4O9S. The number of rotatable bonds is 10. The summed E-state index contributed by atoms with van der Waals surface area (Å²) >= 11 is 7.45. The maximum Gasteiger partial charge on any atom is 0.303 e. The van der Waals surface area contributed by atoms with E-state index in [-0.39, 0.29) is 6.61 Å². The number of hydrogen-bond donors (Lipinski definition) is 1. The van der Waals surface area contributed by atoms with Crippen molar-refractivity contribution in [2.75, 3.05) is 6.61 Å². The molecule has 0 aromatic heterocycles. The minimum Gasteiger partial charge on any atom is -0.463 e. The Morgan fingerprint density at radius 1 is 0.909 bits per heavy atom. The molecule has 0 amide bonds. The van der Waals surface area contributed by atoms with Crippen LogP contribution in [0.1, 0.15) is 38.8 Å². The maximum atomic E-state index is 12.3. The van der Waals surface area contributed by atoms with Gasteiger partial charge in [0.2, 0.25) is 0 Å². The molecular weight excluding hydrogens is 616 g/mol. The minimum absolute atomic E-state index is 0.340. The average molecular weight is 647 g/mol. The summed E-state index contributed by atoms with van der Waals surface area (Å²) in [6.07, 6.45) is -3.33. The Balaban J connectivity index is 1.70. The lowest BCUT2D eigenvalue weighted by molar-refractivity contribution is -0.237. The van der Waals surface area contributed by atoms with E-state index in [1.165, 1.54) is 13.8 Å². The van der Waals surface area contributed by atoms with Gasteiger partial charge in [-0.05, 0) is 6.07 Å². The molecule has 4 rings (SSSR count). The fourth-order valence-electron chi connectivity index (χ4n) is 4.45. The molecule has 0 spiro atoms. The first-order valence-corrected chi connectivity index (χ1v) is 14.8. The second-order valence-electron chi connectivity index (χ2n) is 9.60. The standard InChI is InChI=1S/C29H31ClN4O9S/c1-16(35)39-15-23-24(40-17(2)36)25(41-18(3)37)26(42-19(4)38)28(43-23)44-29-33-32-27(20-10-6-5-7-11-20)34(29)31-14-21-12-8-9-13-22(21)30/h5-14,23-26,28-29,33H,15H2,1-4H3/b31-14+/t23-,24-,25+,26-,28+,29?/m1/s1. The summed E-state index contributed by atoms with van der Waals surface area (Å²) in [5, 5.41) is 11.2. The molecule has 0 saturated carbocycles. The quantitative estimate of drug-likeness (QED) is 0.229. The van der Waals surface area contributed by atoms with E-state index in [0.29, 0.717) is 16.4 Å². The topological polar surface area (TPSA) is 154 Å². The summed E-state index contributed by atoms with van der Waals surface area (Å²) in [7, 11) is 0. The van der Waals surface area contributed by atoms with Crippen LogP contribution in [-0.4, -0.2) is 82.9 Å². The Labute approximate surface area is 262 Å². The van der Waals surface area contributed by atoms with E-state index < -0.39 is 59.2 Å². The van der Waals surface area contributed by atoms with E-state index in [1.54, 1.807) is 29.4 Å². The molecule has 44 heavy (non-hydrogen) atoms. The van der Waals surface area contributed by atoms with Gasteiger partial charge in [-0.25, -0.2) is 5.01 Å². The first-order valence-electron chi connectivity index (χ1n) is 13.5. The van der Waals surface area contributed by atoms with Crippen molar-refractivity contribution in [1.82, 2.24) is 10.4 Å². The van der Waals surface area contributed by atoms with E-state index >= 15 is 0 Å². The molecule has 1 N–H and O–H groups in total. The Hall–Kier alpha value is -4.14. The van der Waals surface area contributed by atoms with Crippen molar-refractivity contribution in [3.05, 3.63) is 70.7 Å². The molecule has 2 aromatic rings. The van der Waals surface area contributed by atoms with Crippen LogP contribution in [0.15, 0.2) is 64.8 Å². The third kappa shape index (κ3) is 8.49. The van der Waals surface area contributed by atoms with Crippen molar-refractivity contribution >= 4 is 59.3 Å². The molecule has 6 atom stereocenters. The molecule has 2 heterocycles. The van der Waals surface area contributed by atoms with Gasteiger partial charge in [-0.2, -0.15) is 10.2 Å². The Morgan fingerprint density at radius 2 is 1.52 bits per heavy atom. The highest BCUT2D eigenvalue weighted by molar-refractivity contribution is 8.00. The number of nitrogens with zero attached hydrogens (tertiary/aromatic N) is 3. The van der Waals surface area contributed by atoms with Crippen molar-refractivity contribution in [2.45, 2.75) is 63.0 Å². The Bertz CT molecular complexity index is 1430.